The van der Waals surface area contributed by atoms with E-state index in [4.69, 9.17) is 5.73 Å². The van der Waals surface area contributed by atoms with Gasteiger partial charge in [0.25, 0.3) is 0 Å². The Balaban J connectivity index is 2.38. The fraction of sp³-hybridized carbons (Fsp3) is 0.538. The van der Waals surface area contributed by atoms with Gasteiger partial charge in [0.05, 0.1) is 4.90 Å². The molecule has 112 valence electrons. The van der Waals surface area contributed by atoms with E-state index < -0.39 is 10.0 Å². The molecule has 1 heterocycles. The van der Waals surface area contributed by atoms with Crippen LogP contribution < -0.4 is 5.73 Å². The van der Waals surface area contributed by atoms with Crippen LogP contribution in [0, 0.1) is 5.92 Å². The van der Waals surface area contributed by atoms with Gasteiger partial charge in [0.15, 0.2) is 0 Å². The van der Waals surface area contributed by atoms with Crippen LogP contribution in [0.1, 0.15) is 19.8 Å². The Labute approximate surface area is 137 Å². The zero-order chi connectivity index (χ0) is 14.9. The predicted molar refractivity (Wildman–Crippen MR) is 87.0 cm³/mol. The quantitative estimate of drug-likeness (QED) is 0.809. The zero-order valence-corrected chi connectivity index (χ0v) is 15.2. The highest BCUT2D eigenvalue weighted by Gasteiger charge is 2.35. The number of rotatable bonds is 3. The summed E-state index contributed by atoms with van der Waals surface area (Å²) in [6, 6.07) is 4.99. The lowest BCUT2D eigenvalue weighted by Gasteiger charge is -2.37. The Morgan fingerprint density at radius 1 is 1.40 bits per heavy atom. The van der Waals surface area contributed by atoms with Gasteiger partial charge in [-0.1, -0.05) is 22.9 Å². The van der Waals surface area contributed by atoms with E-state index in [-0.39, 0.29) is 6.04 Å². The number of nitrogens with two attached hydrogens (primary N) is 1. The molecule has 1 aliphatic rings. The summed E-state index contributed by atoms with van der Waals surface area (Å²) in [5.41, 5.74) is 5.77. The summed E-state index contributed by atoms with van der Waals surface area (Å²) in [7, 11) is -3.51. The minimum atomic E-state index is -3.51. The maximum atomic E-state index is 12.8. The molecule has 0 aliphatic carbocycles. The van der Waals surface area contributed by atoms with Crippen LogP contribution in [0.2, 0.25) is 0 Å². The largest absolute Gasteiger partial charge is 0.329 e. The Bertz CT molecular complexity index is 592. The van der Waals surface area contributed by atoms with Gasteiger partial charge in [-0.2, -0.15) is 4.31 Å². The SMILES string of the molecule is CC1CCN(S(=O)(=O)c2ccc(Br)cc2Br)C(CN)C1. The fourth-order valence-corrected chi connectivity index (χ4v) is 5.94. The third-order valence-electron chi connectivity index (χ3n) is 3.68. The molecule has 0 aromatic heterocycles. The summed E-state index contributed by atoms with van der Waals surface area (Å²) in [5.74, 6) is 0.517. The highest BCUT2D eigenvalue weighted by molar-refractivity contribution is 9.11. The zero-order valence-electron chi connectivity index (χ0n) is 11.2. The van der Waals surface area contributed by atoms with E-state index in [1.165, 1.54) is 0 Å². The van der Waals surface area contributed by atoms with E-state index in [2.05, 4.69) is 38.8 Å². The third kappa shape index (κ3) is 3.27. The molecule has 4 nitrogen and oxygen atoms in total. The van der Waals surface area contributed by atoms with E-state index in [0.717, 1.165) is 17.3 Å². The first-order chi connectivity index (χ1) is 9.36. The van der Waals surface area contributed by atoms with Gasteiger partial charge in [0.2, 0.25) is 10.0 Å². The topological polar surface area (TPSA) is 63.4 Å². The van der Waals surface area contributed by atoms with Crippen LogP contribution in [0.5, 0.6) is 0 Å². The molecule has 20 heavy (non-hydrogen) atoms. The van der Waals surface area contributed by atoms with Crippen LogP contribution >= 0.6 is 31.9 Å². The molecule has 0 radical (unpaired) electrons. The maximum absolute atomic E-state index is 12.8. The number of benzene rings is 1. The Kier molecular flexibility index (Phi) is 5.29. The molecule has 0 bridgehead atoms. The van der Waals surface area contributed by atoms with Gasteiger partial charge in [-0.25, -0.2) is 8.42 Å². The first kappa shape index (κ1) is 16.4. The molecule has 1 fully saturated rings. The minimum Gasteiger partial charge on any atom is -0.329 e. The number of piperidine rings is 1. The Morgan fingerprint density at radius 2 is 2.10 bits per heavy atom. The highest BCUT2D eigenvalue weighted by atomic mass is 79.9. The monoisotopic (exact) mass is 424 g/mol. The van der Waals surface area contributed by atoms with Crippen molar-refractivity contribution in [3.63, 3.8) is 0 Å². The van der Waals surface area contributed by atoms with Crippen LogP contribution in [0.4, 0.5) is 0 Å². The van der Waals surface area contributed by atoms with Crippen LogP contribution in [0.3, 0.4) is 0 Å². The minimum absolute atomic E-state index is 0.112. The lowest BCUT2D eigenvalue weighted by molar-refractivity contribution is 0.211. The summed E-state index contributed by atoms with van der Waals surface area (Å²) in [5, 5.41) is 0. The molecule has 1 saturated heterocycles. The molecule has 1 aromatic rings. The van der Waals surface area contributed by atoms with Crippen molar-refractivity contribution >= 4 is 41.9 Å². The molecule has 1 aliphatic heterocycles. The molecule has 0 spiro atoms. The number of sulfonamides is 1. The fourth-order valence-electron chi connectivity index (χ4n) is 2.57. The number of hydrogen-bond acceptors (Lipinski definition) is 3. The van der Waals surface area contributed by atoms with Gasteiger partial charge in [-0.15, -0.1) is 0 Å². The van der Waals surface area contributed by atoms with Gasteiger partial charge >= 0.3 is 0 Å². The van der Waals surface area contributed by atoms with E-state index in [1.807, 2.05) is 0 Å². The second-order valence-electron chi connectivity index (χ2n) is 5.21. The summed E-state index contributed by atoms with van der Waals surface area (Å²) >= 11 is 6.67. The van der Waals surface area contributed by atoms with Crippen LogP contribution in [0.15, 0.2) is 32.0 Å². The smallest absolute Gasteiger partial charge is 0.244 e. The van der Waals surface area contributed by atoms with E-state index in [9.17, 15) is 8.42 Å². The van der Waals surface area contributed by atoms with E-state index in [0.29, 0.717) is 28.4 Å². The second-order valence-corrected chi connectivity index (χ2v) is 8.84. The lowest BCUT2D eigenvalue weighted by atomic mass is 9.94. The van der Waals surface area contributed by atoms with Crippen molar-refractivity contribution in [2.24, 2.45) is 11.7 Å². The van der Waals surface area contributed by atoms with Crippen molar-refractivity contribution in [1.82, 2.24) is 4.31 Å². The Morgan fingerprint density at radius 3 is 2.70 bits per heavy atom. The van der Waals surface area contributed by atoms with Crippen molar-refractivity contribution in [1.29, 1.82) is 0 Å². The Hall–Kier alpha value is 0.0500. The summed E-state index contributed by atoms with van der Waals surface area (Å²) in [4.78, 5) is 0.300. The summed E-state index contributed by atoms with van der Waals surface area (Å²) in [6.45, 7) is 3.04. The number of halogens is 2. The van der Waals surface area contributed by atoms with Crippen molar-refractivity contribution in [3.8, 4) is 0 Å². The summed E-state index contributed by atoms with van der Waals surface area (Å²) < 4.78 is 28.6. The first-order valence-corrected chi connectivity index (χ1v) is 9.56. The molecule has 7 heteroatoms. The lowest BCUT2D eigenvalue weighted by Crippen LogP contribution is -2.49. The van der Waals surface area contributed by atoms with Crippen LogP contribution in [-0.2, 0) is 10.0 Å². The normalized spacial score (nSPS) is 24.8. The predicted octanol–water partition coefficient (Wildman–Crippen LogP) is 2.96. The number of nitrogens with zero attached hydrogens (tertiary/aromatic N) is 1. The first-order valence-electron chi connectivity index (χ1n) is 6.53. The van der Waals surface area contributed by atoms with E-state index in [1.54, 1.807) is 22.5 Å². The molecular weight excluding hydrogens is 408 g/mol. The average molecular weight is 426 g/mol. The maximum Gasteiger partial charge on any atom is 0.244 e. The van der Waals surface area contributed by atoms with Crippen LogP contribution in [-0.4, -0.2) is 31.9 Å². The number of hydrogen-bond donors (Lipinski definition) is 1. The molecule has 2 atom stereocenters. The molecule has 2 rings (SSSR count). The van der Waals surface area contributed by atoms with Crippen molar-refractivity contribution < 1.29 is 8.42 Å². The van der Waals surface area contributed by atoms with Crippen LogP contribution in [0.25, 0.3) is 0 Å². The van der Waals surface area contributed by atoms with Crippen molar-refractivity contribution in [2.75, 3.05) is 13.1 Å². The second kappa shape index (κ2) is 6.44. The summed E-state index contributed by atoms with van der Waals surface area (Å²) in [6.07, 6.45) is 1.70. The van der Waals surface area contributed by atoms with Gasteiger partial charge < -0.3 is 5.73 Å². The van der Waals surface area contributed by atoms with Crippen molar-refractivity contribution in [2.45, 2.75) is 30.7 Å². The van der Waals surface area contributed by atoms with Gasteiger partial charge in [0, 0.05) is 28.1 Å². The molecule has 1 aromatic carbocycles. The van der Waals surface area contributed by atoms with Gasteiger partial charge in [-0.05, 0) is 52.9 Å². The molecule has 2 N–H and O–H groups in total. The third-order valence-corrected chi connectivity index (χ3v) is 7.10. The molecule has 0 saturated carbocycles. The van der Waals surface area contributed by atoms with E-state index >= 15 is 0 Å². The average Bonchev–Trinajstić information content (AvgIpc) is 2.37. The van der Waals surface area contributed by atoms with Crippen molar-refractivity contribution in [3.05, 3.63) is 27.1 Å². The van der Waals surface area contributed by atoms with Gasteiger partial charge in [0.1, 0.15) is 0 Å². The van der Waals surface area contributed by atoms with Gasteiger partial charge in [-0.3, -0.25) is 0 Å². The highest BCUT2D eigenvalue weighted by Crippen LogP contribution is 2.32. The molecule has 0 amide bonds. The molecule has 2 unspecified atom stereocenters. The standard InChI is InChI=1S/C13H18Br2N2O2S/c1-9-4-5-17(11(6-9)8-16)20(18,19)13-3-2-10(14)7-12(13)15/h2-3,7,9,11H,4-6,8,16H2,1H3. The molecular formula is C13H18Br2N2O2S.